The largest absolute Gasteiger partial charge is 0.388 e. The Hall–Kier alpha value is -1.14. The second-order valence-electron chi connectivity index (χ2n) is 6.65. The summed E-state index contributed by atoms with van der Waals surface area (Å²) in [5.74, 6) is 0. The summed E-state index contributed by atoms with van der Waals surface area (Å²) in [4.78, 5) is 25.9. The van der Waals surface area contributed by atoms with E-state index in [-0.39, 0.29) is 5.56 Å². The Morgan fingerprint density at radius 2 is 2.00 bits per heavy atom. The van der Waals surface area contributed by atoms with Crippen LogP contribution in [-0.4, -0.2) is 63.9 Å². The second kappa shape index (κ2) is 6.77. The number of ether oxygens (including phenoxy) is 1. The first-order valence-electron chi connectivity index (χ1n) is 7.66. The van der Waals surface area contributed by atoms with Crippen LogP contribution < -0.4 is 11.2 Å². The Labute approximate surface area is 134 Å². The van der Waals surface area contributed by atoms with Gasteiger partial charge in [-0.3, -0.25) is 9.78 Å². The van der Waals surface area contributed by atoms with Gasteiger partial charge in [0.2, 0.25) is 0 Å². The fraction of sp³-hybridized carbons (Fsp3) is 0.667. The van der Waals surface area contributed by atoms with Crippen LogP contribution >= 0.6 is 6.89 Å². The molecule has 130 valence electrons. The van der Waals surface area contributed by atoms with Crippen LogP contribution in [0.5, 0.6) is 0 Å². The number of H-pyrrole nitrogens is 1. The quantitative estimate of drug-likeness (QED) is 0.643. The van der Waals surface area contributed by atoms with E-state index >= 15 is 0 Å². The number of rotatable bonds is 5. The first-order chi connectivity index (χ1) is 10.6. The van der Waals surface area contributed by atoms with Crippen molar-refractivity contribution in [1.29, 1.82) is 0 Å². The molecule has 2 heterocycles. The van der Waals surface area contributed by atoms with E-state index in [1.807, 2.05) is 0 Å². The average Bonchev–Trinajstić information content (AvgIpc) is 2.73. The molecule has 1 saturated heterocycles. The third-order valence-corrected chi connectivity index (χ3v) is 5.54. The number of nitrogens with one attached hydrogen (secondary N) is 1. The smallest absolute Gasteiger partial charge is 0.328 e. The molecule has 4 atom stereocenters. The highest BCUT2D eigenvalue weighted by Gasteiger charge is 2.44. The zero-order chi connectivity index (χ0) is 17.4. The van der Waals surface area contributed by atoms with Gasteiger partial charge in [-0.1, -0.05) is 0 Å². The van der Waals surface area contributed by atoms with Gasteiger partial charge in [-0.05, 0) is 32.8 Å². The molecule has 0 saturated carbocycles. The predicted molar refractivity (Wildman–Crippen MR) is 92.0 cm³/mol. The highest BCUT2D eigenvalue weighted by atomic mass is 31.2. The number of aliphatic hydroxyl groups is 2. The molecule has 3 N–H and O–H groups in total. The molecule has 23 heavy (non-hydrogen) atoms. The van der Waals surface area contributed by atoms with Crippen LogP contribution in [-0.2, 0) is 11.3 Å². The highest BCUT2D eigenvalue weighted by molar-refractivity contribution is 7.72. The Bertz CT molecular complexity index is 719. The highest BCUT2D eigenvalue weighted by Crippen LogP contribution is 2.40. The molecule has 0 amide bonds. The van der Waals surface area contributed by atoms with Gasteiger partial charge in [0.15, 0.2) is 0 Å². The summed E-state index contributed by atoms with van der Waals surface area (Å²) in [5, 5.41) is 20.4. The lowest BCUT2D eigenvalue weighted by molar-refractivity contribution is 0.00494. The average molecular weight is 344 g/mol. The molecular weight excluding hydrogens is 319 g/mol. The molecule has 0 aliphatic carbocycles. The van der Waals surface area contributed by atoms with Gasteiger partial charge in [0.25, 0.3) is 5.56 Å². The molecule has 2 rings (SSSR count). The minimum Gasteiger partial charge on any atom is -0.388 e. The molecule has 1 fully saturated rings. The first-order valence-corrected chi connectivity index (χ1v) is 10.7. The van der Waals surface area contributed by atoms with Gasteiger partial charge in [-0.25, -0.2) is 4.79 Å². The SMILES string of the molecule is C=P(C)(C)CC[C@H]1OC(c2cn(CC)c(=O)[nH]c2=O)[C@H](O)[C@@H]1O. The van der Waals surface area contributed by atoms with Crippen molar-refractivity contribution in [3.63, 3.8) is 0 Å². The van der Waals surface area contributed by atoms with Crippen LogP contribution in [0.3, 0.4) is 0 Å². The summed E-state index contributed by atoms with van der Waals surface area (Å²) in [6.45, 7) is 5.06. The standard InChI is InChI=1S/C15H25N2O5P/c1-5-17-8-9(14(20)16-15(17)21)13-12(19)11(18)10(22-13)6-7-23(2,3)4/h8,10-13,18-19H,2,5-7H2,1,3-4H3,(H,16,20,21)/t10-,11-,12-,13?/m1/s1. The first kappa shape index (κ1) is 18.2. The molecule has 1 aromatic rings. The maximum absolute atomic E-state index is 12.0. The van der Waals surface area contributed by atoms with Crippen molar-refractivity contribution < 1.29 is 14.9 Å². The van der Waals surface area contributed by atoms with Crippen LogP contribution in [0.1, 0.15) is 25.0 Å². The Morgan fingerprint density at radius 1 is 1.35 bits per heavy atom. The van der Waals surface area contributed by atoms with E-state index in [1.54, 1.807) is 6.92 Å². The zero-order valence-electron chi connectivity index (χ0n) is 13.7. The van der Waals surface area contributed by atoms with E-state index in [2.05, 4.69) is 24.6 Å². The number of aromatic amines is 1. The van der Waals surface area contributed by atoms with Gasteiger partial charge in [-0.15, -0.1) is 13.2 Å². The monoisotopic (exact) mass is 344 g/mol. The molecule has 0 bridgehead atoms. The van der Waals surface area contributed by atoms with Crippen LogP contribution in [0.4, 0.5) is 0 Å². The molecule has 7 nitrogen and oxygen atoms in total. The maximum Gasteiger partial charge on any atom is 0.328 e. The maximum atomic E-state index is 12.0. The summed E-state index contributed by atoms with van der Waals surface area (Å²) in [6, 6.07) is 0. The minimum absolute atomic E-state index is 0.157. The van der Waals surface area contributed by atoms with Crippen LogP contribution in [0.25, 0.3) is 0 Å². The van der Waals surface area contributed by atoms with Crippen molar-refractivity contribution in [2.75, 3.05) is 19.5 Å². The molecule has 0 aromatic carbocycles. The summed E-state index contributed by atoms with van der Waals surface area (Å²) in [6.07, 6.45) is 3.15. The van der Waals surface area contributed by atoms with Crippen molar-refractivity contribution in [2.24, 2.45) is 0 Å². The Balaban J connectivity index is 2.26. The van der Waals surface area contributed by atoms with E-state index in [0.717, 1.165) is 6.16 Å². The third-order valence-electron chi connectivity index (χ3n) is 4.07. The van der Waals surface area contributed by atoms with Crippen LogP contribution in [0.15, 0.2) is 15.8 Å². The molecular formula is C15H25N2O5P. The molecule has 8 heteroatoms. The van der Waals surface area contributed by atoms with Gasteiger partial charge in [0.1, 0.15) is 18.3 Å². The molecule has 0 spiro atoms. The molecule has 0 radical (unpaired) electrons. The number of aliphatic hydroxyl groups excluding tert-OH is 2. The summed E-state index contributed by atoms with van der Waals surface area (Å²) >= 11 is 0. The Kier molecular flexibility index (Phi) is 5.36. The molecule has 1 aliphatic rings. The number of aryl methyl sites for hydroxylation is 1. The number of aromatic nitrogens is 2. The lowest BCUT2D eigenvalue weighted by Crippen LogP contribution is -2.35. The van der Waals surface area contributed by atoms with Crippen molar-refractivity contribution in [3.05, 3.63) is 32.6 Å². The molecule has 1 aromatic heterocycles. The van der Waals surface area contributed by atoms with Crippen molar-refractivity contribution in [2.45, 2.75) is 44.3 Å². The van der Waals surface area contributed by atoms with Gasteiger partial charge in [0.05, 0.1) is 11.7 Å². The topological polar surface area (TPSA) is 105 Å². The summed E-state index contributed by atoms with van der Waals surface area (Å²) in [7, 11) is 0. The molecule has 1 unspecified atom stereocenters. The van der Waals surface area contributed by atoms with E-state index in [0.29, 0.717) is 13.0 Å². The van der Waals surface area contributed by atoms with Crippen LogP contribution in [0, 0.1) is 0 Å². The third kappa shape index (κ3) is 4.04. The second-order valence-corrected chi connectivity index (χ2v) is 11.0. The summed E-state index contributed by atoms with van der Waals surface area (Å²) in [5.41, 5.74) is -0.944. The normalized spacial score (nSPS) is 28.2. The van der Waals surface area contributed by atoms with E-state index in [4.69, 9.17) is 4.74 Å². The minimum atomic E-state index is -1.27. The Morgan fingerprint density at radius 3 is 2.57 bits per heavy atom. The van der Waals surface area contributed by atoms with Crippen molar-refractivity contribution in [3.8, 4) is 0 Å². The van der Waals surface area contributed by atoms with Gasteiger partial charge >= 0.3 is 5.69 Å². The number of nitrogens with zero attached hydrogens (tertiary/aromatic N) is 1. The zero-order valence-corrected chi connectivity index (χ0v) is 14.6. The van der Waals surface area contributed by atoms with Gasteiger partial charge in [0, 0.05) is 12.7 Å². The van der Waals surface area contributed by atoms with Gasteiger partial charge < -0.3 is 19.5 Å². The van der Waals surface area contributed by atoms with E-state index in [1.165, 1.54) is 10.8 Å². The summed E-state index contributed by atoms with van der Waals surface area (Å²) < 4.78 is 7.07. The fourth-order valence-corrected chi connectivity index (χ4v) is 3.64. The van der Waals surface area contributed by atoms with Gasteiger partial charge in [-0.2, -0.15) is 0 Å². The van der Waals surface area contributed by atoms with E-state index < -0.39 is 42.6 Å². The predicted octanol–water partition coefficient (Wildman–Crippen LogP) is -0.182. The van der Waals surface area contributed by atoms with E-state index in [9.17, 15) is 19.8 Å². The number of hydrogen-bond acceptors (Lipinski definition) is 5. The molecule has 1 aliphatic heterocycles. The van der Waals surface area contributed by atoms with Crippen molar-refractivity contribution >= 4 is 13.2 Å². The van der Waals surface area contributed by atoms with Crippen LogP contribution in [0.2, 0.25) is 0 Å². The lowest BCUT2D eigenvalue weighted by atomic mass is 10.0. The lowest BCUT2D eigenvalue weighted by Gasteiger charge is -2.18. The number of hydrogen-bond donors (Lipinski definition) is 3. The fourth-order valence-electron chi connectivity index (χ4n) is 2.68. The van der Waals surface area contributed by atoms with Crippen molar-refractivity contribution in [1.82, 2.24) is 9.55 Å².